The van der Waals surface area contributed by atoms with Gasteiger partial charge in [0.1, 0.15) is 5.82 Å². The Labute approximate surface area is 169 Å². The Bertz CT molecular complexity index is 1160. The third-order valence-electron chi connectivity index (χ3n) is 4.70. The van der Waals surface area contributed by atoms with Crippen molar-refractivity contribution in [1.82, 2.24) is 9.88 Å². The van der Waals surface area contributed by atoms with E-state index in [0.717, 1.165) is 23.2 Å². The SMILES string of the molecule is CN(C)Cc1ccc(N=C(c2ccccc2)c2c(O)[nH]c3cc(F)ccc23)cc1. The van der Waals surface area contributed by atoms with Crippen LogP contribution >= 0.6 is 0 Å². The summed E-state index contributed by atoms with van der Waals surface area (Å²) in [6, 6.07) is 22.1. The lowest BCUT2D eigenvalue weighted by Crippen LogP contribution is -2.10. The molecule has 1 aromatic heterocycles. The fraction of sp³-hybridized carbons (Fsp3) is 0.125. The van der Waals surface area contributed by atoms with Gasteiger partial charge < -0.3 is 15.0 Å². The van der Waals surface area contributed by atoms with Crippen molar-refractivity contribution in [2.45, 2.75) is 6.54 Å². The lowest BCUT2D eigenvalue weighted by Gasteiger charge is -2.10. The molecular formula is C24H22FN3O. The summed E-state index contributed by atoms with van der Waals surface area (Å²) in [5, 5.41) is 11.3. The number of benzene rings is 3. The standard InChI is InChI=1S/C24H22FN3O/c1-28(2)15-16-8-11-19(12-9-16)26-23(17-6-4-3-5-7-17)22-20-13-10-18(25)14-21(20)27-24(22)29/h3-14,27,29H,15H2,1-2H3. The van der Waals surface area contributed by atoms with E-state index < -0.39 is 0 Å². The fourth-order valence-corrected chi connectivity index (χ4v) is 3.43. The molecule has 0 saturated heterocycles. The Balaban J connectivity index is 1.86. The Morgan fingerprint density at radius 1 is 1.00 bits per heavy atom. The quantitative estimate of drug-likeness (QED) is 0.460. The minimum atomic E-state index is -0.361. The summed E-state index contributed by atoms with van der Waals surface area (Å²) in [5.41, 5.74) is 4.56. The molecule has 4 aromatic rings. The summed E-state index contributed by atoms with van der Waals surface area (Å²) in [4.78, 5) is 9.83. The highest BCUT2D eigenvalue weighted by molar-refractivity contribution is 6.21. The molecule has 0 amide bonds. The van der Waals surface area contributed by atoms with E-state index in [0.29, 0.717) is 16.8 Å². The molecule has 1 heterocycles. The second-order valence-electron chi connectivity index (χ2n) is 7.27. The average molecular weight is 387 g/mol. The number of nitrogens with zero attached hydrogens (tertiary/aromatic N) is 2. The molecule has 0 radical (unpaired) electrons. The lowest BCUT2D eigenvalue weighted by atomic mass is 10.0. The number of fused-ring (bicyclic) bond motifs is 1. The van der Waals surface area contributed by atoms with Crippen LogP contribution in [0.4, 0.5) is 10.1 Å². The summed E-state index contributed by atoms with van der Waals surface area (Å²) in [5.74, 6) is -0.391. The average Bonchev–Trinajstić information content (AvgIpc) is 3.02. The van der Waals surface area contributed by atoms with Gasteiger partial charge in [-0.1, -0.05) is 42.5 Å². The fourth-order valence-electron chi connectivity index (χ4n) is 3.43. The van der Waals surface area contributed by atoms with E-state index in [1.54, 1.807) is 6.07 Å². The highest BCUT2D eigenvalue weighted by Crippen LogP contribution is 2.32. The number of aromatic nitrogens is 1. The van der Waals surface area contributed by atoms with Crippen LogP contribution in [0, 0.1) is 5.82 Å². The largest absolute Gasteiger partial charge is 0.494 e. The highest BCUT2D eigenvalue weighted by Gasteiger charge is 2.18. The zero-order valence-corrected chi connectivity index (χ0v) is 16.4. The molecule has 0 aliphatic carbocycles. The Morgan fingerprint density at radius 2 is 1.72 bits per heavy atom. The summed E-state index contributed by atoms with van der Waals surface area (Å²) >= 11 is 0. The predicted molar refractivity (Wildman–Crippen MR) is 115 cm³/mol. The topological polar surface area (TPSA) is 51.6 Å². The van der Waals surface area contributed by atoms with Crippen LogP contribution in [0.5, 0.6) is 5.88 Å². The van der Waals surface area contributed by atoms with E-state index in [1.807, 2.05) is 68.7 Å². The van der Waals surface area contributed by atoms with Gasteiger partial charge >= 0.3 is 0 Å². The van der Waals surface area contributed by atoms with E-state index >= 15 is 0 Å². The van der Waals surface area contributed by atoms with Gasteiger partial charge in [0.25, 0.3) is 0 Å². The van der Waals surface area contributed by atoms with E-state index in [-0.39, 0.29) is 11.7 Å². The minimum absolute atomic E-state index is 0.0302. The number of nitrogens with one attached hydrogen (secondary N) is 1. The molecule has 146 valence electrons. The van der Waals surface area contributed by atoms with Gasteiger partial charge in [0.2, 0.25) is 0 Å². The van der Waals surface area contributed by atoms with Gasteiger partial charge in [-0.05, 0) is 50.0 Å². The smallest absolute Gasteiger partial charge is 0.199 e. The van der Waals surface area contributed by atoms with Crippen molar-refractivity contribution in [1.29, 1.82) is 0 Å². The van der Waals surface area contributed by atoms with Crippen LogP contribution in [-0.2, 0) is 6.54 Å². The molecule has 0 bridgehead atoms. The van der Waals surface area contributed by atoms with Gasteiger partial charge in [0.05, 0.1) is 22.5 Å². The third-order valence-corrected chi connectivity index (χ3v) is 4.70. The second kappa shape index (κ2) is 7.89. The van der Waals surface area contributed by atoms with Crippen LogP contribution in [0.25, 0.3) is 10.9 Å². The number of aromatic amines is 1. The van der Waals surface area contributed by atoms with Crippen molar-refractivity contribution >= 4 is 22.3 Å². The van der Waals surface area contributed by atoms with Gasteiger partial charge in [-0.25, -0.2) is 9.38 Å². The van der Waals surface area contributed by atoms with Gasteiger partial charge in [-0.2, -0.15) is 0 Å². The molecule has 2 N–H and O–H groups in total. The summed E-state index contributed by atoms with van der Waals surface area (Å²) in [6.07, 6.45) is 0. The molecule has 0 unspecified atom stereocenters. The van der Waals surface area contributed by atoms with Crippen LogP contribution < -0.4 is 0 Å². The first-order chi connectivity index (χ1) is 14.0. The van der Waals surface area contributed by atoms with Crippen molar-refractivity contribution in [3.05, 3.63) is 95.3 Å². The Hall–Kier alpha value is -3.44. The van der Waals surface area contributed by atoms with Gasteiger partial charge in [0.15, 0.2) is 5.88 Å². The number of aromatic hydroxyl groups is 1. The number of aliphatic imine (C=N–C) groups is 1. The molecule has 0 atom stereocenters. The summed E-state index contributed by atoms with van der Waals surface area (Å²) < 4.78 is 13.6. The monoisotopic (exact) mass is 387 g/mol. The maximum Gasteiger partial charge on any atom is 0.199 e. The predicted octanol–water partition coefficient (Wildman–Crippen LogP) is 5.24. The van der Waals surface area contributed by atoms with E-state index in [4.69, 9.17) is 4.99 Å². The number of halogens is 1. The number of hydrogen-bond acceptors (Lipinski definition) is 3. The van der Waals surface area contributed by atoms with Gasteiger partial charge in [-0.15, -0.1) is 0 Å². The van der Waals surface area contributed by atoms with Crippen LogP contribution in [-0.4, -0.2) is 34.8 Å². The molecule has 0 spiro atoms. The van der Waals surface area contributed by atoms with Crippen molar-refractivity contribution in [3.8, 4) is 5.88 Å². The van der Waals surface area contributed by atoms with Crippen molar-refractivity contribution < 1.29 is 9.50 Å². The van der Waals surface area contributed by atoms with Gasteiger partial charge in [0, 0.05) is 17.5 Å². The molecule has 0 aliphatic heterocycles. The molecule has 4 nitrogen and oxygen atoms in total. The van der Waals surface area contributed by atoms with Crippen molar-refractivity contribution in [2.75, 3.05) is 14.1 Å². The van der Waals surface area contributed by atoms with Crippen LogP contribution in [0.2, 0.25) is 0 Å². The molecule has 4 rings (SSSR count). The van der Waals surface area contributed by atoms with Crippen LogP contribution in [0.1, 0.15) is 16.7 Å². The normalized spacial score (nSPS) is 12.1. The summed E-state index contributed by atoms with van der Waals surface area (Å²) in [6.45, 7) is 0.852. The molecule has 0 saturated carbocycles. The highest BCUT2D eigenvalue weighted by atomic mass is 19.1. The Kier molecular flexibility index (Phi) is 5.14. The molecule has 0 aliphatic rings. The molecule has 5 heteroatoms. The van der Waals surface area contributed by atoms with Gasteiger partial charge in [-0.3, -0.25) is 0 Å². The maximum atomic E-state index is 13.6. The van der Waals surface area contributed by atoms with E-state index in [9.17, 15) is 9.50 Å². The third kappa shape index (κ3) is 4.05. The number of hydrogen-bond donors (Lipinski definition) is 2. The van der Waals surface area contributed by atoms with Crippen LogP contribution in [0.15, 0.2) is 77.8 Å². The zero-order chi connectivity index (χ0) is 20.4. The van der Waals surface area contributed by atoms with Crippen molar-refractivity contribution in [2.24, 2.45) is 4.99 Å². The molecular weight excluding hydrogens is 365 g/mol. The first kappa shape index (κ1) is 18.9. The van der Waals surface area contributed by atoms with Crippen LogP contribution in [0.3, 0.4) is 0 Å². The molecule has 3 aromatic carbocycles. The van der Waals surface area contributed by atoms with E-state index in [1.165, 1.54) is 17.7 Å². The first-order valence-corrected chi connectivity index (χ1v) is 9.39. The first-order valence-electron chi connectivity index (χ1n) is 9.39. The number of rotatable bonds is 5. The number of H-pyrrole nitrogens is 1. The lowest BCUT2D eigenvalue weighted by molar-refractivity contribution is 0.402. The molecule has 29 heavy (non-hydrogen) atoms. The maximum absolute atomic E-state index is 13.6. The second-order valence-corrected chi connectivity index (χ2v) is 7.27. The summed E-state index contributed by atoms with van der Waals surface area (Å²) in [7, 11) is 4.06. The minimum Gasteiger partial charge on any atom is -0.494 e. The Morgan fingerprint density at radius 3 is 2.41 bits per heavy atom. The zero-order valence-electron chi connectivity index (χ0n) is 16.4. The van der Waals surface area contributed by atoms with Crippen molar-refractivity contribution in [3.63, 3.8) is 0 Å². The molecule has 0 fully saturated rings. The van der Waals surface area contributed by atoms with E-state index in [2.05, 4.69) is 9.88 Å².